The highest BCUT2D eigenvalue weighted by molar-refractivity contribution is 5.82. The van der Waals surface area contributed by atoms with Crippen LogP contribution in [0, 0.1) is 6.92 Å². The Hall–Kier alpha value is -1.28. The highest BCUT2D eigenvalue weighted by atomic mass is 16.3. The van der Waals surface area contributed by atoms with Crippen LogP contribution in [0.4, 0.5) is 0 Å². The number of hydrogen-bond acceptors (Lipinski definition) is 2. The SMILES string of the molecule is CCCc1ccc2oc(C(C)NC)c(C)c2c1. The summed E-state index contributed by atoms with van der Waals surface area (Å²) in [4.78, 5) is 0. The highest BCUT2D eigenvalue weighted by Gasteiger charge is 2.15. The molecular formula is C15H21NO. The van der Waals surface area contributed by atoms with Crippen LogP contribution in [-0.4, -0.2) is 7.05 Å². The summed E-state index contributed by atoms with van der Waals surface area (Å²) in [5.74, 6) is 1.05. The molecule has 0 amide bonds. The molecule has 0 aliphatic carbocycles. The minimum absolute atomic E-state index is 0.261. The molecule has 2 aromatic rings. The monoisotopic (exact) mass is 231 g/mol. The lowest BCUT2D eigenvalue weighted by atomic mass is 10.0. The Labute approximate surface area is 103 Å². The topological polar surface area (TPSA) is 25.2 Å². The fourth-order valence-electron chi connectivity index (χ4n) is 2.28. The summed E-state index contributed by atoms with van der Waals surface area (Å²) in [7, 11) is 1.96. The Bertz CT molecular complexity index is 513. The van der Waals surface area contributed by atoms with Gasteiger partial charge in [0.1, 0.15) is 11.3 Å². The lowest BCUT2D eigenvalue weighted by molar-refractivity contribution is 0.471. The molecule has 2 heteroatoms. The van der Waals surface area contributed by atoms with Crippen molar-refractivity contribution < 1.29 is 4.42 Å². The lowest BCUT2D eigenvalue weighted by Crippen LogP contribution is -2.12. The van der Waals surface area contributed by atoms with E-state index in [-0.39, 0.29) is 6.04 Å². The molecule has 2 nitrogen and oxygen atoms in total. The second-order valence-corrected chi connectivity index (χ2v) is 4.68. The maximum Gasteiger partial charge on any atom is 0.134 e. The summed E-state index contributed by atoms with van der Waals surface area (Å²) in [6.07, 6.45) is 2.32. The molecule has 0 aliphatic rings. The first kappa shape index (κ1) is 12.2. The van der Waals surface area contributed by atoms with Gasteiger partial charge in [0.15, 0.2) is 0 Å². The summed E-state index contributed by atoms with van der Waals surface area (Å²) in [6, 6.07) is 6.79. The number of fused-ring (bicyclic) bond motifs is 1. The summed E-state index contributed by atoms with van der Waals surface area (Å²) in [5.41, 5.74) is 3.66. The third-order valence-corrected chi connectivity index (χ3v) is 3.40. The first-order valence-corrected chi connectivity index (χ1v) is 6.36. The predicted molar refractivity (Wildman–Crippen MR) is 72.4 cm³/mol. The summed E-state index contributed by atoms with van der Waals surface area (Å²) < 4.78 is 5.92. The van der Waals surface area contributed by atoms with E-state index in [9.17, 15) is 0 Å². The molecule has 1 atom stereocenters. The first-order chi connectivity index (χ1) is 8.17. The molecule has 1 N–H and O–H groups in total. The number of nitrogens with one attached hydrogen (secondary N) is 1. The van der Waals surface area contributed by atoms with E-state index in [2.05, 4.69) is 44.3 Å². The zero-order chi connectivity index (χ0) is 12.4. The van der Waals surface area contributed by atoms with Crippen molar-refractivity contribution in [1.82, 2.24) is 5.32 Å². The molecule has 0 aliphatic heterocycles. The molecule has 2 rings (SSSR count). The molecule has 17 heavy (non-hydrogen) atoms. The fraction of sp³-hybridized carbons (Fsp3) is 0.467. The third kappa shape index (κ3) is 2.22. The normalized spacial score (nSPS) is 13.2. The lowest BCUT2D eigenvalue weighted by Gasteiger charge is -2.06. The molecule has 1 aromatic heterocycles. The molecule has 92 valence electrons. The van der Waals surface area contributed by atoms with E-state index in [1.54, 1.807) is 0 Å². The minimum atomic E-state index is 0.261. The van der Waals surface area contributed by atoms with Gasteiger partial charge in [-0.3, -0.25) is 0 Å². The fourth-order valence-corrected chi connectivity index (χ4v) is 2.28. The van der Waals surface area contributed by atoms with Crippen LogP contribution in [0.25, 0.3) is 11.0 Å². The van der Waals surface area contributed by atoms with E-state index >= 15 is 0 Å². The van der Waals surface area contributed by atoms with E-state index in [4.69, 9.17) is 4.42 Å². The second kappa shape index (κ2) is 4.92. The average molecular weight is 231 g/mol. The van der Waals surface area contributed by atoms with Gasteiger partial charge in [-0.05, 0) is 50.6 Å². The van der Waals surface area contributed by atoms with Gasteiger partial charge in [0.2, 0.25) is 0 Å². The summed E-state index contributed by atoms with van der Waals surface area (Å²) in [5, 5.41) is 4.49. The predicted octanol–water partition coefficient (Wildman–Crippen LogP) is 3.97. The Balaban J connectivity index is 2.50. The van der Waals surface area contributed by atoms with Crippen LogP contribution in [0.1, 0.15) is 43.2 Å². The number of furan rings is 1. The Morgan fingerprint density at radius 2 is 2.12 bits per heavy atom. The van der Waals surface area contributed by atoms with Crippen LogP contribution in [0.5, 0.6) is 0 Å². The van der Waals surface area contributed by atoms with Crippen LogP contribution in [-0.2, 0) is 6.42 Å². The molecule has 0 saturated heterocycles. The van der Waals surface area contributed by atoms with Crippen LogP contribution < -0.4 is 5.32 Å². The van der Waals surface area contributed by atoms with Crippen LogP contribution in [0.3, 0.4) is 0 Å². The number of hydrogen-bond donors (Lipinski definition) is 1. The molecule has 1 unspecified atom stereocenters. The van der Waals surface area contributed by atoms with Crippen molar-refractivity contribution in [3.8, 4) is 0 Å². The quantitative estimate of drug-likeness (QED) is 0.861. The standard InChI is InChI=1S/C15H21NO/c1-5-6-12-7-8-14-13(9-12)10(2)15(17-14)11(3)16-4/h7-9,11,16H,5-6H2,1-4H3. The Kier molecular flexibility index (Phi) is 3.53. The molecule has 0 fully saturated rings. The van der Waals surface area contributed by atoms with Gasteiger partial charge >= 0.3 is 0 Å². The van der Waals surface area contributed by atoms with Gasteiger partial charge in [-0.2, -0.15) is 0 Å². The van der Waals surface area contributed by atoms with Crippen LogP contribution >= 0.6 is 0 Å². The maximum atomic E-state index is 5.92. The molecule has 1 aromatic carbocycles. The van der Waals surface area contributed by atoms with Crippen molar-refractivity contribution in [3.05, 3.63) is 35.1 Å². The van der Waals surface area contributed by atoms with Crippen molar-refractivity contribution in [1.29, 1.82) is 0 Å². The molecule has 1 heterocycles. The van der Waals surface area contributed by atoms with Gasteiger partial charge < -0.3 is 9.73 Å². The largest absolute Gasteiger partial charge is 0.459 e. The Morgan fingerprint density at radius 3 is 2.76 bits per heavy atom. The maximum absolute atomic E-state index is 5.92. The first-order valence-electron chi connectivity index (χ1n) is 6.36. The van der Waals surface area contributed by atoms with Crippen LogP contribution in [0.2, 0.25) is 0 Å². The Morgan fingerprint density at radius 1 is 1.35 bits per heavy atom. The zero-order valence-electron chi connectivity index (χ0n) is 11.1. The molecular weight excluding hydrogens is 210 g/mol. The van der Waals surface area contributed by atoms with Crippen molar-refractivity contribution in [2.45, 2.75) is 39.7 Å². The average Bonchev–Trinajstić information content (AvgIpc) is 2.67. The van der Waals surface area contributed by atoms with Gasteiger partial charge in [0.05, 0.1) is 6.04 Å². The third-order valence-electron chi connectivity index (χ3n) is 3.40. The summed E-state index contributed by atoms with van der Waals surface area (Å²) >= 11 is 0. The van der Waals surface area contributed by atoms with Gasteiger partial charge in [-0.15, -0.1) is 0 Å². The minimum Gasteiger partial charge on any atom is -0.459 e. The molecule has 0 bridgehead atoms. The second-order valence-electron chi connectivity index (χ2n) is 4.68. The smallest absolute Gasteiger partial charge is 0.134 e. The van der Waals surface area contributed by atoms with Crippen molar-refractivity contribution in [3.63, 3.8) is 0 Å². The van der Waals surface area contributed by atoms with E-state index in [1.807, 2.05) is 7.05 Å². The van der Waals surface area contributed by atoms with Gasteiger partial charge in [0, 0.05) is 5.39 Å². The number of aryl methyl sites for hydroxylation is 2. The van der Waals surface area contributed by atoms with Gasteiger partial charge in [0.25, 0.3) is 0 Å². The number of rotatable bonds is 4. The van der Waals surface area contributed by atoms with Crippen molar-refractivity contribution in [2.24, 2.45) is 0 Å². The van der Waals surface area contributed by atoms with E-state index < -0.39 is 0 Å². The molecule has 0 radical (unpaired) electrons. The van der Waals surface area contributed by atoms with Gasteiger partial charge in [-0.25, -0.2) is 0 Å². The summed E-state index contributed by atoms with van der Waals surface area (Å²) in [6.45, 7) is 6.48. The van der Waals surface area contributed by atoms with E-state index in [1.165, 1.54) is 22.9 Å². The van der Waals surface area contributed by atoms with Crippen molar-refractivity contribution in [2.75, 3.05) is 7.05 Å². The van der Waals surface area contributed by atoms with Crippen LogP contribution in [0.15, 0.2) is 22.6 Å². The molecule has 0 saturated carbocycles. The van der Waals surface area contributed by atoms with E-state index in [0.717, 1.165) is 17.8 Å². The molecule has 0 spiro atoms. The van der Waals surface area contributed by atoms with E-state index in [0.29, 0.717) is 0 Å². The zero-order valence-corrected chi connectivity index (χ0v) is 11.1. The van der Waals surface area contributed by atoms with Gasteiger partial charge in [-0.1, -0.05) is 19.4 Å². The number of benzene rings is 1. The highest BCUT2D eigenvalue weighted by Crippen LogP contribution is 2.30. The van der Waals surface area contributed by atoms with Crippen molar-refractivity contribution >= 4 is 11.0 Å².